The first-order chi connectivity index (χ1) is 14.9. The fourth-order valence-corrected chi connectivity index (χ4v) is 4.58. The van der Waals surface area contributed by atoms with Crippen LogP contribution in [0, 0.1) is 0 Å². The number of hydrogen-bond acceptors (Lipinski definition) is 8. The van der Waals surface area contributed by atoms with E-state index in [-0.39, 0.29) is 33.7 Å². The number of carbonyl (C=O) groups excluding carboxylic acids is 2. The number of nitrogens with two attached hydrogens (primary N) is 3. The van der Waals surface area contributed by atoms with E-state index in [9.17, 15) is 27.9 Å². The molecular formula is C18H22N6O6S2. The van der Waals surface area contributed by atoms with E-state index in [1.165, 1.54) is 36.4 Å². The van der Waals surface area contributed by atoms with Gasteiger partial charge in [0.25, 0.3) is 5.91 Å². The van der Waals surface area contributed by atoms with Crippen LogP contribution in [0.1, 0.15) is 25.8 Å². The van der Waals surface area contributed by atoms with Crippen molar-refractivity contribution < 1.29 is 27.9 Å². The molecule has 1 unspecified atom stereocenters. The fourth-order valence-electron chi connectivity index (χ4n) is 2.45. The lowest BCUT2D eigenvalue weighted by molar-refractivity contribution is -0.143. The number of nitrogens with one attached hydrogen (secondary N) is 2. The van der Waals surface area contributed by atoms with Crippen molar-refractivity contribution in [1.29, 1.82) is 0 Å². The maximum atomic E-state index is 12.6. The number of ketones is 1. The second-order valence-corrected chi connectivity index (χ2v) is 9.29. The Hall–Kier alpha value is -3.33. The minimum absolute atomic E-state index is 0.0364. The minimum atomic E-state index is -4.32. The van der Waals surface area contributed by atoms with Crippen molar-refractivity contribution in [3.63, 3.8) is 0 Å². The Bertz CT molecular complexity index is 1130. The van der Waals surface area contributed by atoms with Crippen molar-refractivity contribution in [2.45, 2.75) is 17.0 Å². The van der Waals surface area contributed by atoms with E-state index in [0.29, 0.717) is 0 Å². The van der Waals surface area contributed by atoms with Crippen LogP contribution in [0.15, 0.2) is 52.4 Å². The number of rotatable bonds is 11. The normalized spacial score (nSPS) is 13.0. The Balaban J connectivity index is 2.11. The Morgan fingerprint density at radius 1 is 1.06 bits per heavy atom. The molecule has 0 saturated carbocycles. The van der Waals surface area contributed by atoms with Crippen molar-refractivity contribution in [2.24, 2.45) is 22.2 Å². The van der Waals surface area contributed by atoms with E-state index in [1.54, 1.807) is 6.07 Å². The highest BCUT2D eigenvalue weighted by Crippen LogP contribution is 2.21. The third-order valence-corrected chi connectivity index (χ3v) is 6.64. The summed E-state index contributed by atoms with van der Waals surface area (Å²) in [6.45, 7) is 0.325. The van der Waals surface area contributed by atoms with Crippen LogP contribution in [0.4, 0.5) is 0 Å². The van der Waals surface area contributed by atoms with Crippen molar-refractivity contribution in [1.82, 2.24) is 10.0 Å². The maximum absolute atomic E-state index is 12.6. The molecule has 1 heterocycles. The third kappa shape index (κ3) is 6.58. The molecule has 9 N–H and O–H groups in total. The molecule has 14 heteroatoms. The van der Waals surface area contributed by atoms with Gasteiger partial charge in [0.2, 0.25) is 10.0 Å². The van der Waals surface area contributed by atoms with Crippen LogP contribution in [-0.2, 0) is 14.8 Å². The number of carboxylic acid groups (broad SMARTS) is 1. The van der Waals surface area contributed by atoms with Gasteiger partial charge in [-0.1, -0.05) is 18.2 Å². The van der Waals surface area contributed by atoms with E-state index < -0.39 is 39.8 Å². The molecule has 2 rings (SSSR count). The summed E-state index contributed by atoms with van der Waals surface area (Å²) in [5.41, 5.74) is 13.5. The summed E-state index contributed by atoms with van der Waals surface area (Å²) in [5.74, 6) is -3.09. The molecule has 1 aromatic carbocycles. The van der Waals surface area contributed by atoms with Gasteiger partial charge in [-0.15, -0.1) is 11.3 Å². The molecule has 0 bridgehead atoms. The molecule has 0 radical (unpaired) electrons. The predicted octanol–water partition coefficient (Wildman–Crippen LogP) is -0.958. The number of thiophene rings is 1. The van der Waals surface area contributed by atoms with E-state index in [4.69, 9.17) is 17.2 Å². The van der Waals surface area contributed by atoms with Gasteiger partial charge in [0, 0.05) is 6.54 Å². The maximum Gasteiger partial charge on any atom is 0.340 e. The zero-order chi connectivity index (χ0) is 23.9. The van der Waals surface area contributed by atoms with Gasteiger partial charge in [-0.3, -0.25) is 14.6 Å². The molecular weight excluding hydrogens is 460 g/mol. The molecule has 12 nitrogen and oxygen atoms in total. The highest BCUT2D eigenvalue weighted by atomic mass is 32.2. The van der Waals surface area contributed by atoms with Gasteiger partial charge in [-0.05, 0) is 24.3 Å². The average molecular weight is 483 g/mol. The van der Waals surface area contributed by atoms with Crippen molar-refractivity contribution in [3.05, 3.63) is 52.2 Å². The van der Waals surface area contributed by atoms with Crippen molar-refractivity contribution in [3.8, 4) is 0 Å². The monoisotopic (exact) mass is 482 g/mol. The van der Waals surface area contributed by atoms with Crippen molar-refractivity contribution in [2.75, 3.05) is 13.1 Å². The Labute approximate surface area is 187 Å². The van der Waals surface area contributed by atoms with Crippen LogP contribution in [0.25, 0.3) is 0 Å². The number of aliphatic imine (C=N–C) groups is 1. The molecule has 1 aromatic heterocycles. The summed E-state index contributed by atoms with van der Waals surface area (Å²) in [5, 5.41) is 12.1. The van der Waals surface area contributed by atoms with Gasteiger partial charge < -0.3 is 27.6 Å². The van der Waals surface area contributed by atoms with Crippen molar-refractivity contribution >= 4 is 45.0 Å². The number of sulfonamides is 1. The molecule has 2 aromatic rings. The Morgan fingerprint density at radius 2 is 1.69 bits per heavy atom. The van der Waals surface area contributed by atoms with E-state index >= 15 is 0 Å². The lowest BCUT2D eigenvalue weighted by Gasteiger charge is -2.25. The average Bonchev–Trinajstić information content (AvgIpc) is 3.21. The number of carboxylic acids is 1. The number of nitrogens with zero attached hydrogens (tertiary/aromatic N) is 1. The summed E-state index contributed by atoms with van der Waals surface area (Å²) in [7, 11) is -4.32. The van der Waals surface area contributed by atoms with Crippen LogP contribution >= 0.6 is 11.3 Å². The molecule has 32 heavy (non-hydrogen) atoms. The lowest BCUT2D eigenvalue weighted by atomic mass is 10.0. The summed E-state index contributed by atoms with van der Waals surface area (Å²) < 4.78 is 26.9. The number of Topliss-reactive ketones (excluding diaryl/α,β-unsaturated/α-hetero) is 1. The molecule has 1 atom stereocenters. The molecule has 0 spiro atoms. The zero-order valence-electron chi connectivity index (χ0n) is 16.6. The van der Waals surface area contributed by atoms with Gasteiger partial charge in [0.15, 0.2) is 17.4 Å². The molecule has 0 saturated heterocycles. The quantitative estimate of drug-likeness (QED) is 0.0762. The fraction of sp³-hybridized carbons (Fsp3) is 0.222. The van der Waals surface area contributed by atoms with Crippen LogP contribution in [0.2, 0.25) is 0 Å². The molecule has 0 aliphatic rings. The van der Waals surface area contributed by atoms with Crippen LogP contribution in [-0.4, -0.2) is 55.9 Å². The van der Waals surface area contributed by atoms with Crippen LogP contribution < -0.4 is 27.2 Å². The summed E-state index contributed by atoms with van der Waals surface area (Å²) in [4.78, 5) is 40.2. The molecule has 1 amide bonds. The van der Waals surface area contributed by atoms with Crippen LogP contribution in [0.3, 0.4) is 0 Å². The second kappa shape index (κ2) is 10.3. The number of amides is 1. The van der Waals surface area contributed by atoms with Crippen LogP contribution in [0.5, 0.6) is 0 Å². The number of hydrogen-bond donors (Lipinski definition) is 6. The van der Waals surface area contributed by atoms with E-state index in [0.717, 1.165) is 11.3 Å². The topological polar surface area (TPSA) is 220 Å². The van der Waals surface area contributed by atoms with Gasteiger partial charge in [0.05, 0.1) is 27.6 Å². The smallest absolute Gasteiger partial charge is 0.340 e. The largest absolute Gasteiger partial charge is 0.479 e. The predicted molar refractivity (Wildman–Crippen MR) is 118 cm³/mol. The van der Waals surface area contributed by atoms with Gasteiger partial charge in [-0.25, -0.2) is 13.2 Å². The summed E-state index contributed by atoms with van der Waals surface area (Å²) in [6, 6.07) is 9.70. The van der Waals surface area contributed by atoms with Gasteiger partial charge in [0.1, 0.15) is 0 Å². The number of guanidine groups is 1. The van der Waals surface area contributed by atoms with E-state index in [1.807, 2.05) is 4.72 Å². The SMILES string of the molecule is NC(N)=NCCNC(=O)c1ccc(C(=O)CC(N)(NS(=O)(=O)c2ccccc2)C(=O)O)s1. The molecule has 172 valence electrons. The second-order valence-electron chi connectivity index (χ2n) is 6.52. The third-order valence-electron chi connectivity index (χ3n) is 3.99. The van der Waals surface area contributed by atoms with Gasteiger partial charge in [-0.2, -0.15) is 4.72 Å². The molecule has 0 fully saturated rings. The number of benzene rings is 1. The van der Waals surface area contributed by atoms with Gasteiger partial charge >= 0.3 is 5.97 Å². The summed E-state index contributed by atoms with van der Waals surface area (Å²) >= 11 is 0.808. The van der Waals surface area contributed by atoms with E-state index in [2.05, 4.69) is 10.3 Å². The minimum Gasteiger partial charge on any atom is -0.479 e. The first-order valence-electron chi connectivity index (χ1n) is 9.02. The highest BCUT2D eigenvalue weighted by Gasteiger charge is 2.41. The lowest BCUT2D eigenvalue weighted by Crippen LogP contribution is -2.62. The first kappa shape index (κ1) is 24.9. The first-order valence-corrected chi connectivity index (χ1v) is 11.3. The molecule has 0 aliphatic heterocycles. The standard InChI is InChI=1S/C18H22N6O6S2/c19-17(20)23-9-8-22-15(26)14-7-6-13(31-14)12(25)10-18(21,16(27)28)24-32(29,30)11-4-2-1-3-5-11/h1-7,24H,8-10,21H2,(H,22,26)(H,27,28)(H4,19,20,23). The number of carbonyl (C=O) groups is 3. The zero-order valence-corrected chi connectivity index (χ0v) is 18.3. The Kier molecular flexibility index (Phi) is 8.04. The number of aliphatic carboxylic acids is 1. The Morgan fingerprint density at radius 3 is 2.28 bits per heavy atom. The highest BCUT2D eigenvalue weighted by molar-refractivity contribution is 7.89. The molecule has 0 aliphatic carbocycles. The summed E-state index contributed by atoms with van der Waals surface area (Å²) in [6.07, 6.45) is -0.875.